The van der Waals surface area contributed by atoms with E-state index < -0.39 is 0 Å². The fraction of sp³-hybridized carbons (Fsp3) is 0.0556. The van der Waals surface area contributed by atoms with Crippen LogP contribution in [0.2, 0.25) is 0 Å². The van der Waals surface area contributed by atoms with E-state index in [0.29, 0.717) is 5.56 Å². The third-order valence-electron chi connectivity index (χ3n) is 3.90. The van der Waals surface area contributed by atoms with Crippen LogP contribution in [0.3, 0.4) is 0 Å². The Balaban J connectivity index is 2.05. The number of para-hydroxylation sites is 1. The van der Waals surface area contributed by atoms with Gasteiger partial charge in [0.1, 0.15) is 5.01 Å². The fourth-order valence-electron chi connectivity index (χ4n) is 2.70. The summed E-state index contributed by atoms with van der Waals surface area (Å²) in [7, 11) is 1.77. The summed E-state index contributed by atoms with van der Waals surface area (Å²) in [5.41, 5.74) is 3.11. The molecular weight excluding hydrogens is 306 g/mol. The summed E-state index contributed by atoms with van der Waals surface area (Å²) in [5, 5.41) is 10.8. The zero-order valence-corrected chi connectivity index (χ0v) is 13.1. The maximum atomic E-state index is 12.2. The van der Waals surface area contributed by atoms with E-state index >= 15 is 0 Å². The van der Waals surface area contributed by atoms with Gasteiger partial charge in [-0.3, -0.25) is 4.79 Å². The topological polar surface area (TPSA) is 58.7 Å². The van der Waals surface area contributed by atoms with E-state index in [1.54, 1.807) is 23.7 Å². The van der Waals surface area contributed by atoms with Crippen LogP contribution in [-0.4, -0.2) is 9.55 Å². The maximum Gasteiger partial charge on any atom is 0.251 e. The Morgan fingerprint density at radius 2 is 2.00 bits per heavy atom. The van der Waals surface area contributed by atoms with E-state index in [4.69, 9.17) is 5.26 Å². The molecule has 0 aliphatic heterocycles. The van der Waals surface area contributed by atoms with Gasteiger partial charge >= 0.3 is 0 Å². The molecule has 0 amide bonds. The summed E-state index contributed by atoms with van der Waals surface area (Å²) >= 11 is 1.50. The first kappa shape index (κ1) is 13.7. The van der Waals surface area contributed by atoms with Crippen LogP contribution in [0.15, 0.2) is 53.3 Å². The molecule has 0 bridgehead atoms. The first-order valence-electron chi connectivity index (χ1n) is 7.07. The van der Waals surface area contributed by atoms with Crippen LogP contribution < -0.4 is 5.56 Å². The number of rotatable bonds is 1. The van der Waals surface area contributed by atoms with Crippen LogP contribution in [0, 0.1) is 11.3 Å². The quantitative estimate of drug-likeness (QED) is 0.538. The lowest BCUT2D eigenvalue weighted by Crippen LogP contribution is -2.16. The molecule has 5 heteroatoms. The van der Waals surface area contributed by atoms with Crippen molar-refractivity contribution in [2.24, 2.45) is 7.05 Å². The lowest BCUT2D eigenvalue weighted by atomic mass is 10.1. The number of aromatic nitrogens is 2. The predicted molar refractivity (Wildman–Crippen MR) is 92.5 cm³/mol. The molecule has 2 aromatic carbocycles. The van der Waals surface area contributed by atoms with Gasteiger partial charge in [-0.25, -0.2) is 4.98 Å². The summed E-state index contributed by atoms with van der Waals surface area (Å²) in [6.45, 7) is 0. The summed E-state index contributed by atoms with van der Waals surface area (Å²) in [6.07, 6.45) is 0. The molecule has 0 N–H and O–H groups in total. The Labute approximate surface area is 135 Å². The highest BCUT2D eigenvalue weighted by molar-refractivity contribution is 7.21. The van der Waals surface area contributed by atoms with E-state index in [2.05, 4.69) is 11.1 Å². The average molecular weight is 317 g/mol. The van der Waals surface area contributed by atoms with Gasteiger partial charge < -0.3 is 4.57 Å². The lowest BCUT2D eigenvalue weighted by molar-refractivity contribution is 0.907. The molecule has 0 aliphatic rings. The second-order valence-corrected chi connectivity index (χ2v) is 6.32. The number of hydrogen-bond donors (Lipinski definition) is 0. The van der Waals surface area contributed by atoms with Crippen LogP contribution in [0.4, 0.5) is 0 Å². The molecule has 23 heavy (non-hydrogen) atoms. The van der Waals surface area contributed by atoms with Gasteiger partial charge in [-0.15, -0.1) is 11.3 Å². The van der Waals surface area contributed by atoms with Gasteiger partial charge in [0.15, 0.2) is 0 Å². The summed E-state index contributed by atoms with van der Waals surface area (Å²) in [5.74, 6) is 0. The monoisotopic (exact) mass is 317 g/mol. The molecule has 0 aliphatic carbocycles. The van der Waals surface area contributed by atoms with Crippen LogP contribution in [0.5, 0.6) is 0 Å². The van der Waals surface area contributed by atoms with Crippen molar-refractivity contribution in [1.29, 1.82) is 5.26 Å². The number of fused-ring (bicyclic) bond motifs is 2. The summed E-state index contributed by atoms with van der Waals surface area (Å²) < 4.78 is 2.59. The van der Waals surface area contributed by atoms with E-state index in [0.717, 1.165) is 31.7 Å². The van der Waals surface area contributed by atoms with Gasteiger partial charge in [0, 0.05) is 24.1 Å². The van der Waals surface area contributed by atoms with Gasteiger partial charge in [0.25, 0.3) is 5.56 Å². The Kier molecular flexibility index (Phi) is 3.00. The molecule has 4 nitrogen and oxygen atoms in total. The second kappa shape index (κ2) is 5.04. The van der Waals surface area contributed by atoms with Crippen molar-refractivity contribution in [3.63, 3.8) is 0 Å². The van der Waals surface area contributed by atoms with Crippen LogP contribution in [-0.2, 0) is 7.05 Å². The molecule has 0 saturated heterocycles. The number of aryl methyl sites for hydroxylation is 1. The van der Waals surface area contributed by atoms with Crippen LogP contribution >= 0.6 is 11.3 Å². The molecule has 0 radical (unpaired) electrons. The SMILES string of the molecule is Cn1c(=O)cc(-c2nc3ccc(C#N)cc3s2)c2ccccc21. The van der Waals surface area contributed by atoms with E-state index in [9.17, 15) is 4.79 Å². The van der Waals surface area contributed by atoms with Crippen LogP contribution in [0.25, 0.3) is 31.7 Å². The van der Waals surface area contributed by atoms with Crippen molar-refractivity contribution in [2.45, 2.75) is 0 Å². The van der Waals surface area contributed by atoms with Crippen molar-refractivity contribution in [3.8, 4) is 16.6 Å². The Morgan fingerprint density at radius 3 is 2.83 bits per heavy atom. The number of benzene rings is 2. The smallest absolute Gasteiger partial charge is 0.251 e. The Morgan fingerprint density at radius 1 is 1.17 bits per heavy atom. The minimum absolute atomic E-state index is 0.0596. The predicted octanol–water partition coefficient (Wildman–Crippen LogP) is 3.69. The van der Waals surface area contributed by atoms with Gasteiger partial charge in [0.05, 0.1) is 27.4 Å². The van der Waals surface area contributed by atoms with Crippen molar-refractivity contribution < 1.29 is 0 Å². The standard InChI is InChI=1S/C18H11N3OS/c1-21-15-5-3-2-4-12(15)13(9-17(21)22)18-20-14-7-6-11(10-19)8-16(14)23-18/h2-9H,1H3. The highest BCUT2D eigenvalue weighted by atomic mass is 32.1. The van der Waals surface area contributed by atoms with Crippen molar-refractivity contribution in [3.05, 3.63) is 64.4 Å². The van der Waals surface area contributed by atoms with Crippen LogP contribution in [0.1, 0.15) is 5.56 Å². The van der Waals surface area contributed by atoms with Crippen molar-refractivity contribution >= 4 is 32.5 Å². The molecule has 2 aromatic heterocycles. The Bertz CT molecular complexity index is 1160. The minimum Gasteiger partial charge on any atom is -0.311 e. The van der Waals surface area contributed by atoms with Crippen molar-refractivity contribution in [2.75, 3.05) is 0 Å². The Hall–Kier alpha value is -2.97. The molecule has 2 heterocycles. The number of pyridine rings is 1. The number of nitrogens with zero attached hydrogens (tertiary/aromatic N) is 3. The molecule has 4 rings (SSSR count). The van der Waals surface area contributed by atoms with Gasteiger partial charge in [-0.05, 0) is 24.3 Å². The zero-order chi connectivity index (χ0) is 16.0. The molecule has 110 valence electrons. The summed E-state index contributed by atoms with van der Waals surface area (Å²) in [4.78, 5) is 16.9. The molecule has 4 aromatic rings. The molecule has 0 fully saturated rings. The number of nitriles is 1. The normalized spacial score (nSPS) is 11.0. The van der Waals surface area contributed by atoms with Crippen molar-refractivity contribution in [1.82, 2.24) is 9.55 Å². The summed E-state index contributed by atoms with van der Waals surface area (Å²) in [6, 6.07) is 17.0. The average Bonchev–Trinajstić information content (AvgIpc) is 3.00. The molecule has 0 unspecified atom stereocenters. The van der Waals surface area contributed by atoms with E-state index in [-0.39, 0.29) is 5.56 Å². The first-order valence-corrected chi connectivity index (χ1v) is 7.89. The second-order valence-electron chi connectivity index (χ2n) is 5.29. The fourth-order valence-corrected chi connectivity index (χ4v) is 3.73. The highest BCUT2D eigenvalue weighted by Gasteiger charge is 2.12. The minimum atomic E-state index is -0.0596. The van der Waals surface area contributed by atoms with E-state index in [1.807, 2.05) is 36.4 Å². The molecular formula is C18H11N3OS. The largest absolute Gasteiger partial charge is 0.311 e. The van der Waals surface area contributed by atoms with E-state index in [1.165, 1.54) is 11.3 Å². The number of thiazole rings is 1. The molecule has 0 spiro atoms. The molecule has 0 saturated carbocycles. The third-order valence-corrected chi connectivity index (χ3v) is 4.95. The highest BCUT2D eigenvalue weighted by Crippen LogP contribution is 2.33. The number of hydrogen-bond acceptors (Lipinski definition) is 4. The molecule has 0 atom stereocenters. The first-order chi connectivity index (χ1) is 11.2. The van der Waals surface area contributed by atoms with Gasteiger partial charge in [-0.1, -0.05) is 18.2 Å². The van der Waals surface area contributed by atoms with Gasteiger partial charge in [0.2, 0.25) is 0 Å². The zero-order valence-electron chi connectivity index (χ0n) is 12.3. The van der Waals surface area contributed by atoms with Gasteiger partial charge in [-0.2, -0.15) is 5.26 Å². The lowest BCUT2D eigenvalue weighted by Gasteiger charge is -2.07. The maximum absolute atomic E-state index is 12.2. The third kappa shape index (κ3) is 2.12.